The minimum absolute atomic E-state index is 0.187. The van der Waals surface area contributed by atoms with E-state index in [2.05, 4.69) is 34.1 Å². The number of halogens is 1. The Kier molecular flexibility index (Phi) is 3.04. The van der Waals surface area contributed by atoms with Crippen molar-refractivity contribution in [2.24, 2.45) is 0 Å². The predicted octanol–water partition coefficient (Wildman–Crippen LogP) is 4.57. The summed E-state index contributed by atoms with van der Waals surface area (Å²) in [6.07, 6.45) is 2.49. The average Bonchev–Trinajstić information content (AvgIpc) is 3.26. The number of phenolic OH excluding ortho intramolecular Hbond substituents is 1. The van der Waals surface area contributed by atoms with Gasteiger partial charge in [-0.05, 0) is 57.9 Å². The number of aromatic hydroxyl groups is 1. The molecule has 1 N–H and O–H groups in total. The topological polar surface area (TPSA) is 44.0 Å². The zero-order valence-corrected chi connectivity index (χ0v) is 11.8. The molecule has 1 fully saturated rings. The van der Waals surface area contributed by atoms with Crippen molar-refractivity contribution in [1.29, 1.82) is 5.26 Å². The van der Waals surface area contributed by atoms with Crippen LogP contribution in [0, 0.1) is 11.3 Å². The zero-order chi connectivity index (χ0) is 13.4. The van der Waals surface area contributed by atoms with Crippen LogP contribution in [0.3, 0.4) is 0 Å². The summed E-state index contributed by atoms with van der Waals surface area (Å²) in [5, 5.41) is 19.2. The number of hydrogen-bond donors (Lipinski definition) is 1. The van der Waals surface area contributed by atoms with E-state index < -0.39 is 0 Å². The normalized spacial score (nSPS) is 14.1. The first kappa shape index (κ1) is 12.3. The van der Waals surface area contributed by atoms with Gasteiger partial charge in [0.1, 0.15) is 5.75 Å². The summed E-state index contributed by atoms with van der Waals surface area (Å²) in [6, 6.07) is 13.7. The lowest BCUT2D eigenvalue weighted by atomic mass is 9.99. The van der Waals surface area contributed by atoms with E-state index in [0.717, 1.165) is 5.56 Å². The molecule has 0 amide bonds. The molecule has 0 heterocycles. The number of nitriles is 1. The standard InChI is InChI=1S/C16H12BrNO/c17-15-7-10(9-18)6-14(16(15)19)13-3-1-2-12(8-13)11-4-5-11/h1-3,6-8,11,19H,4-5H2. The molecule has 3 rings (SSSR count). The van der Waals surface area contributed by atoms with E-state index in [1.54, 1.807) is 12.1 Å². The van der Waals surface area contributed by atoms with E-state index in [-0.39, 0.29) is 5.75 Å². The number of nitrogens with zero attached hydrogens (tertiary/aromatic N) is 1. The van der Waals surface area contributed by atoms with Crippen LogP contribution in [-0.2, 0) is 0 Å². The van der Waals surface area contributed by atoms with E-state index in [1.807, 2.05) is 12.1 Å². The second-order valence-electron chi connectivity index (χ2n) is 4.87. The van der Waals surface area contributed by atoms with Gasteiger partial charge in [-0.1, -0.05) is 24.3 Å². The van der Waals surface area contributed by atoms with E-state index in [4.69, 9.17) is 5.26 Å². The highest BCUT2D eigenvalue weighted by molar-refractivity contribution is 9.10. The molecule has 1 aliphatic carbocycles. The molecule has 0 unspecified atom stereocenters. The van der Waals surface area contributed by atoms with Gasteiger partial charge in [0.05, 0.1) is 16.1 Å². The molecule has 0 aliphatic heterocycles. The molecule has 1 aliphatic rings. The monoisotopic (exact) mass is 313 g/mol. The Morgan fingerprint density at radius 1 is 1.21 bits per heavy atom. The van der Waals surface area contributed by atoms with Crippen molar-refractivity contribution in [2.75, 3.05) is 0 Å². The van der Waals surface area contributed by atoms with Gasteiger partial charge in [0.25, 0.3) is 0 Å². The maximum Gasteiger partial charge on any atom is 0.137 e. The summed E-state index contributed by atoms with van der Waals surface area (Å²) in [7, 11) is 0. The lowest BCUT2D eigenvalue weighted by molar-refractivity contribution is 0.474. The van der Waals surface area contributed by atoms with E-state index in [9.17, 15) is 5.11 Å². The molecule has 3 heteroatoms. The molecule has 2 aromatic carbocycles. The molecule has 19 heavy (non-hydrogen) atoms. The van der Waals surface area contributed by atoms with Crippen molar-refractivity contribution in [1.82, 2.24) is 0 Å². The minimum atomic E-state index is 0.187. The second-order valence-corrected chi connectivity index (χ2v) is 5.72. The van der Waals surface area contributed by atoms with Gasteiger partial charge in [0.2, 0.25) is 0 Å². The van der Waals surface area contributed by atoms with Gasteiger partial charge in [-0.2, -0.15) is 5.26 Å². The first-order chi connectivity index (χ1) is 9.19. The van der Waals surface area contributed by atoms with Crippen molar-refractivity contribution in [2.45, 2.75) is 18.8 Å². The van der Waals surface area contributed by atoms with Crippen LogP contribution in [0.4, 0.5) is 0 Å². The van der Waals surface area contributed by atoms with Crippen molar-refractivity contribution in [3.63, 3.8) is 0 Å². The third kappa shape index (κ3) is 2.36. The second kappa shape index (κ2) is 4.71. The van der Waals surface area contributed by atoms with E-state index >= 15 is 0 Å². The molecular formula is C16H12BrNO. The van der Waals surface area contributed by atoms with Crippen LogP contribution in [0.25, 0.3) is 11.1 Å². The molecule has 0 radical (unpaired) electrons. The molecule has 2 aromatic rings. The summed E-state index contributed by atoms with van der Waals surface area (Å²) in [4.78, 5) is 0. The Hall–Kier alpha value is -1.79. The van der Waals surface area contributed by atoms with Crippen molar-refractivity contribution < 1.29 is 5.11 Å². The molecular weight excluding hydrogens is 302 g/mol. The number of benzene rings is 2. The van der Waals surface area contributed by atoms with Crippen LogP contribution in [-0.4, -0.2) is 5.11 Å². The lowest BCUT2D eigenvalue weighted by Crippen LogP contribution is -1.86. The van der Waals surface area contributed by atoms with Gasteiger partial charge in [-0.3, -0.25) is 0 Å². The number of hydrogen-bond acceptors (Lipinski definition) is 2. The van der Waals surface area contributed by atoms with Gasteiger partial charge in [-0.25, -0.2) is 0 Å². The fourth-order valence-electron chi connectivity index (χ4n) is 2.26. The quantitative estimate of drug-likeness (QED) is 0.882. The summed E-state index contributed by atoms with van der Waals surface area (Å²) < 4.78 is 0.554. The van der Waals surface area contributed by atoms with E-state index in [1.165, 1.54) is 18.4 Å². The Balaban J connectivity index is 2.13. The summed E-state index contributed by atoms with van der Waals surface area (Å²) in [6.45, 7) is 0. The van der Waals surface area contributed by atoms with Crippen LogP contribution in [0.2, 0.25) is 0 Å². The largest absolute Gasteiger partial charge is 0.506 e. The molecule has 0 aromatic heterocycles. The fourth-order valence-corrected chi connectivity index (χ4v) is 2.72. The van der Waals surface area contributed by atoms with Crippen LogP contribution >= 0.6 is 15.9 Å². The van der Waals surface area contributed by atoms with Gasteiger partial charge < -0.3 is 5.11 Å². The Labute approximate surface area is 120 Å². The van der Waals surface area contributed by atoms with Gasteiger partial charge in [-0.15, -0.1) is 0 Å². The lowest BCUT2D eigenvalue weighted by Gasteiger charge is -2.09. The molecule has 0 spiro atoms. The van der Waals surface area contributed by atoms with Crippen LogP contribution in [0.1, 0.15) is 29.9 Å². The third-order valence-electron chi connectivity index (χ3n) is 3.44. The Bertz CT molecular complexity index is 684. The van der Waals surface area contributed by atoms with Crippen molar-refractivity contribution >= 4 is 15.9 Å². The maximum atomic E-state index is 10.2. The number of phenols is 1. The van der Waals surface area contributed by atoms with Crippen LogP contribution in [0.5, 0.6) is 5.75 Å². The zero-order valence-electron chi connectivity index (χ0n) is 10.2. The Morgan fingerprint density at radius 3 is 2.68 bits per heavy atom. The molecule has 0 saturated heterocycles. The van der Waals surface area contributed by atoms with Crippen molar-refractivity contribution in [3.05, 3.63) is 52.0 Å². The molecule has 0 atom stereocenters. The third-order valence-corrected chi connectivity index (χ3v) is 4.04. The molecule has 0 bridgehead atoms. The summed E-state index contributed by atoms with van der Waals surface area (Å²) >= 11 is 3.29. The highest BCUT2D eigenvalue weighted by Gasteiger charge is 2.23. The maximum absolute atomic E-state index is 10.2. The average molecular weight is 314 g/mol. The van der Waals surface area contributed by atoms with Crippen LogP contribution in [0.15, 0.2) is 40.9 Å². The summed E-state index contributed by atoms with van der Waals surface area (Å²) in [5.74, 6) is 0.858. The highest BCUT2D eigenvalue weighted by atomic mass is 79.9. The fraction of sp³-hybridized carbons (Fsp3) is 0.188. The van der Waals surface area contributed by atoms with E-state index in [0.29, 0.717) is 21.5 Å². The number of rotatable bonds is 2. The van der Waals surface area contributed by atoms with Gasteiger partial charge >= 0.3 is 0 Å². The first-order valence-electron chi connectivity index (χ1n) is 6.22. The van der Waals surface area contributed by atoms with Crippen molar-refractivity contribution in [3.8, 4) is 22.9 Å². The first-order valence-corrected chi connectivity index (χ1v) is 7.01. The highest BCUT2D eigenvalue weighted by Crippen LogP contribution is 2.42. The smallest absolute Gasteiger partial charge is 0.137 e. The molecule has 1 saturated carbocycles. The van der Waals surface area contributed by atoms with Gasteiger partial charge in [0.15, 0.2) is 0 Å². The Morgan fingerprint density at radius 2 is 2.00 bits per heavy atom. The van der Waals surface area contributed by atoms with Gasteiger partial charge in [0, 0.05) is 5.56 Å². The SMILES string of the molecule is N#Cc1cc(Br)c(O)c(-c2cccc(C3CC3)c2)c1. The molecule has 94 valence electrons. The molecule has 2 nitrogen and oxygen atoms in total. The minimum Gasteiger partial charge on any atom is -0.506 e. The van der Waals surface area contributed by atoms with Crippen LogP contribution < -0.4 is 0 Å². The summed E-state index contributed by atoms with van der Waals surface area (Å²) in [5.41, 5.74) is 3.51. The predicted molar refractivity (Wildman–Crippen MR) is 77.9 cm³/mol.